The Morgan fingerprint density at radius 3 is 1.00 bits per heavy atom. The fraction of sp³-hybridized carbons (Fsp3) is 1.00. The van der Waals surface area contributed by atoms with Crippen LogP contribution in [0.3, 0.4) is 0 Å². The topological polar surface area (TPSA) is 0 Å². The van der Waals surface area contributed by atoms with Gasteiger partial charge in [0.2, 0.25) is 0 Å². The molecule has 0 radical (unpaired) electrons. The Morgan fingerprint density at radius 2 is 0.800 bits per heavy atom. The molecular weight excluding hydrogens is 278 g/mol. The van der Waals surface area contributed by atoms with E-state index in [4.69, 9.17) is 0 Å². The summed E-state index contributed by atoms with van der Waals surface area (Å²) in [5.74, 6) is 0. The molecule has 0 atom stereocenters. The number of hydrogen-bond acceptors (Lipinski definition) is 0. The fourth-order valence-corrected chi connectivity index (χ4v) is 10.7. The smallest absolute Gasteiger partial charge is 0.00342 e. The van der Waals surface area contributed by atoms with Crippen molar-refractivity contribution in [3.63, 3.8) is 0 Å². The monoisotopic (exact) mass is 318 g/mol. The van der Waals surface area contributed by atoms with Gasteiger partial charge in [-0.3, -0.25) is 0 Å². The van der Waals surface area contributed by atoms with Gasteiger partial charge < -0.3 is 0 Å². The molecule has 0 saturated carbocycles. The molecule has 0 heterocycles. The highest BCUT2D eigenvalue weighted by Gasteiger charge is 2.23. The Morgan fingerprint density at radius 1 is 0.550 bits per heavy atom. The van der Waals surface area contributed by atoms with Crippen molar-refractivity contribution in [1.29, 1.82) is 0 Å². The lowest BCUT2D eigenvalue weighted by Gasteiger charge is -2.33. The van der Waals surface area contributed by atoms with Crippen LogP contribution in [0, 0.1) is 0 Å². The second-order valence-corrected chi connectivity index (χ2v) is 12.2. The van der Waals surface area contributed by atoms with Gasteiger partial charge in [0.05, 0.1) is 0 Å². The Hall–Kier alpha value is 0.860. The molecule has 122 valence electrons. The van der Waals surface area contributed by atoms with Crippen LogP contribution in [0.15, 0.2) is 0 Å². The molecule has 0 rings (SSSR count). The maximum Gasteiger partial charge on any atom is -0.00342 e. The minimum Gasteiger partial charge on any atom is -0.0994 e. The van der Waals surface area contributed by atoms with Gasteiger partial charge in [0, 0.05) is 0 Å². The molecule has 20 heavy (non-hydrogen) atoms. The van der Waals surface area contributed by atoms with E-state index in [1.807, 2.05) is 0 Å². The van der Waals surface area contributed by atoms with Crippen molar-refractivity contribution < 1.29 is 0 Å². The van der Waals surface area contributed by atoms with Crippen LogP contribution < -0.4 is 0 Å². The first-order chi connectivity index (χ1) is 9.71. The van der Waals surface area contributed by atoms with Gasteiger partial charge in [0.25, 0.3) is 0 Å². The molecule has 0 aromatic heterocycles. The molecule has 0 aliphatic rings. The third-order valence-electron chi connectivity index (χ3n) is 4.25. The molecule has 0 bridgehead atoms. The lowest BCUT2D eigenvalue weighted by Crippen LogP contribution is -2.09. The second-order valence-electron chi connectivity index (χ2n) is 6.12. The summed E-state index contributed by atoms with van der Waals surface area (Å²) in [5, 5.41) is 1.08. The average Bonchev–Trinajstić information content (AvgIpc) is 2.47. The first-order valence-corrected chi connectivity index (χ1v) is 12.7. The van der Waals surface area contributed by atoms with E-state index >= 15 is 0 Å². The maximum atomic E-state index is 2.63. The third-order valence-corrected chi connectivity index (χ3v) is 11.9. The van der Waals surface area contributed by atoms with E-state index in [0.717, 1.165) is 5.40 Å². The van der Waals surface area contributed by atoms with Crippen LogP contribution in [0.1, 0.15) is 86.0 Å². The van der Waals surface area contributed by atoms with Gasteiger partial charge in [-0.25, -0.2) is 0 Å². The van der Waals surface area contributed by atoms with Gasteiger partial charge in [-0.2, -0.15) is 0 Å². The zero-order valence-corrected chi connectivity index (χ0v) is 16.7. The van der Waals surface area contributed by atoms with Crippen molar-refractivity contribution in [3.8, 4) is 0 Å². The van der Waals surface area contributed by atoms with Crippen molar-refractivity contribution in [2.24, 2.45) is 0 Å². The van der Waals surface area contributed by atoms with E-state index in [1.165, 1.54) is 51.4 Å². The molecule has 0 aromatic carbocycles. The van der Waals surface area contributed by atoms with Crippen LogP contribution in [-0.4, -0.2) is 30.0 Å². The van der Waals surface area contributed by atoms with Crippen molar-refractivity contribution in [2.75, 3.05) is 24.6 Å². The second kappa shape index (κ2) is 14.8. The zero-order chi connectivity index (χ0) is 15.2. The van der Waals surface area contributed by atoms with Gasteiger partial charge in [-0.05, 0) is 55.7 Å². The predicted octanol–water partition coefficient (Wildman–Crippen LogP) is 7.50. The van der Waals surface area contributed by atoms with Crippen LogP contribution in [0.25, 0.3) is 0 Å². The van der Waals surface area contributed by atoms with Gasteiger partial charge >= 0.3 is 0 Å². The minimum atomic E-state index is 0.323. The van der Waals surface area contributed by atoms with Crippen LogP contribution in [-0.2, 0) is 0 Å². The van der Waals surface area contributed by atoms with Crippen LogP contribution in [0.2, 0.25) is 0 Å². The van der Waals surface area contributed by atoms with Crippen molar-refractivity contribution in [1.82, 2.24) is 0 Å². The average molecular weight is 318 g/mol. The van der Waals surface area contributed by atoms with Crippen molar-refractivity contribution in [3.05, 3.63) is 0 Å². The summed E-state index contributed by atoms with van der Waals surface area (Å²) in [4.78, 5) is 0. The van der Waals surface area contributed by atoms with E-state index < -0.39 is 0 Å². The number of unbranched alkanes of at least 4 members (excludes halogenated alkanes) is 4. The van der Waals surface area contributed by atoms with E-state index in [0.29, 0.717) is 15.8 Å². The van der Waals surface area contributed by atoms with E-state index in [1.54, 1.807) is 24.6 Å². The third kappa shape index (κ3) is 9.73. The van der Waals surface area contributed by atoms with Gasteiger partial charge in [-0.1, -0.05) is 76.1 Å². The van der Waals surface area contributed by atoms with Gasteiger partial charge in [0.15, 0.2) is 0 Å². The summed E-state index contributed by atoms with van der Waals surface area (Å²) in [6.45, 7) is 12.1. The largest absolute Gasteiger partial charge is 0.0994 e. The van der Waals surface area contributed by atoms with Crippen molar-refractivity contribution in [2.45, 2.75) is 91.4 Å². The molecule has 0 fully saturated rings. The molecule has 0 aromatic rings. The fourth-order valence-electron chi connectivity index (χ4n) is 2.65. The first kappa shape index (κ1) is 20.9. The molecule has 0 saturated heterocycles. The summed E-state index contributed by atoms with van der Waals surface area (Å²) in [6, 6.07) is 0. The first-order valence-electron chi connectivity index (χ1n) is 9.19. The van der Waals surface area contributed by atoms with Crippen molar-refractivity contribution >= 4 is 15.8 Å². The van der Waals surface area contributed by atoms with Gasteiger partial charge in [0.1, 0.15) is 0 Å². The lowest BCUT2D eigenvalue weighted by atomic mass is 10.4. The predicted molar refractivity (Wildman–Crippen MR) is 102 cm³/mol. The molecule has 0 N–H and O–H groups in total. The molecule has 0 aliphatic heterocycles. The molecule has 0 aliphatic carbocycles. The Labute approximate surface area is 132 Å². The van der Waals surface area contributed by atoms with E-state index in [9.17, 15) is 0 Å². The lowest BCUT2D eigenvalue weighted by molar-refractivity contribution is 0.855. The van der Waals surface area contributed by atoms with E-state index in [-0.39, 0.29) is 0 Å². The molecular formula is C18H40P2. The van der Waals surface area contributed by atoms with E-state index in [2.05, 4.69) is 34.6 Å². The summed E-state index contributed by atoms with van der Waals surface area (Å²) in [6.07, 6.45) is 17.7. The Bertz CT molecular complexity index is 158. The highest BCUT2D eigenvalue weighted by Crippen LogP contribution is 2.59. The number of rotatable bonds is 14. The van der Waals surface area contributed by atoms with Crippen LogP contribution in [0.5, 0.6) is 0 Å². The molecule has 0 unspecified atom stereocenters. The standard InChI is InChI=1S/C18H40P2/c1-6-10-14-19(15-11-7-2)18(5)20(16-12-8-3)17-13-9-4/h18H,6-17H2,1-5H3. The SMILES string of the molecule is CCCCP(CCCC)C(C)P(CCCC)CCCC. The molecule has 0 spiro atoms. The van der Waals surface area contributed by atoms with Crippen LogP contribution in [0.4, 0.5) is 0 Å². The Kier molecular flexibility index (Phi) is 15.4. The quantitative estimate of drug-likeness (QED) is 0.291. The molecule has 0 amide bonds. The summed E-state index contributed by atoms with van der Waals surface area (Å²) < 4.78 is 0. The molecule has 0 nitrogen and oxygen atoms in total. The maximum absolute atomic E-state index is 2.63. The highest BCUT2D eigenvalue weighted by atomic mass is 31.2. The zero-order valence-electron chi connectivity index (χ0n) is 15.0. The molecule has 2 heteroatoms. The number of hydrogen-bond donors (Lipinski definition) is 0. The summed E-state index contributed by atoms with van der Waals surface area (Å²) in [7, 11) is 0.645. The minimum absolute atomic E-state index is 0.323. The summed E-state index contributed by atoms with van der Waals surface area (Å²) in [5.41, 5.74) is 0. The normalized spacial score (nSPS) is 12.0. The summed E-state index contributed by atoms with van der Waals surface area (Å²) >= 11 is 0. The highest BCUT2D eigenvalue weighted by molar-refractivity contribution is 7.75. The van der Waals surface area contributed by atoms with Crippen LogP contribution >= 0.6 is 15.8 Å². The van der Waals surface area contributed by atoms with Gasteiger partial charge in [-0.15, -0.1) is 0 Å². The Balaban J connectivity index is 4.49.